The molecule has 0 bridgehead atoms. The molecule has 0 saturated heterocycles. The number of carbonyl (C=O) groups is 1. The molecular formula is C22H21FN4O2. The summed E-state index contributed by atoms with van der Waals surface area (Å²) in [5.41, 5.74) is 4.10. The molecule has 1 aliphatic rings. The lowest BCUT2D eigenvalue weighted by molar-refractivity contribution is 0.0598. The molecule has 1 aliphatic carbocycles. The second-order valence-corrected chi connectivity index (χ2v) is 7.55. The number of halogens is 1. The van der Waals surface area contributed by atoms with Gasteiger partial charge in [-0.15, -0.1) is 0 Å². The molecule has 0 aliphatic heterocycles. The molecule has 1 saturated carbocycles. The van der Waals surface area contributed by atoms with E-state index >= 15 is 0 Å². The summed E-state index contributed by atoms with van der Waals surface area (Å²) in [4.78, 5) is 23.8. The van der Waals surface area contributed by atoms with E-state index in [1.807, 2.05) is 24.5 Å². The van der Waals surface area contributed by atoms with Crippen molar-refractivity contribution in [2.45, 2.75) is 38.1 Å². The van der Waals surface area contributed by atoms with E-state index in [0.29, 0.717) is 22.6 Å². The molecule has 7 heteroatoms. The lowest BCUT2D eigenvalue weighted by Crippen LogP contribution is -2.11. The van der Waals surface area contributed by atoms with Crippen molar-refractivity contribution in [3.8, 4) is 11.1 Å². The van der Waals surface area contributed by atoms with Crippen LogP contribution >= 0.6 is 0 Å². The first-order valence-corrected chi connectivity index (χ1v) is 9.88. The highest BCUT2D eigenvalue weighted by Crippen LogP contribution is 2.35. The van der Waals surface area contributed by atoms with E-state index in [2.05, 4.69) is 19.5 Å². The number of nitrogens with one attached hydrogen (secondary N) is 1. The first kappa shape index (κ1) is 17.8. The third-order valence-electron chi connectivity index (χ3n) is 5.90. The Morgan fingerprint density at radius 1 is 1.21 bits per heavy atom. The fourth-order valence-corrected chi connectivity index (χ4v) is 4.45. The molecule has 0 atom stereocenters. The second kappa shape index (κ2) is 6.99. The number of aromatic amines is 1. The van der Waals surface area contributed by atoms with Crippen LogP contribution in [0.25, 0.3) is 33.2 Å². The summed E-state index contributed by atoms with van der Waals surface area (Å²) < 4.78 is 21.8. The topological polar surface area (TPSA) is 72.8 Å². The number of ether oxygens (including phenoxy) is 1. The van der Waals surface area contributed by atoms with E-state index in [1.165, 1.54) is 51.6 Å². The monoisotopic (exact) mass is 392 g/mol. The van der Waals surface area contributed by atoms with Crippen molar-refractivity contribution < 1.29 is 13.9 Å². The smallest absolute Gasteiger partial charge is 0.343 e. The van der Waals surface area contributed by atoms with Crippen molar-refractivity contribution in [3.63, 3.8) is 0 Å². The summed E-state index contributed by atoms with van der Waals surface area (Å²) in [7, 11) is 1.23. The third-order valence-corrected chi connectivity index (χ3v) is 5.90. The number of hydrogen-bond donors (Lipinski definition) is 1. The average molecular weight is 392 g/mol. The zero-order chi connectivity index (χ0) is 20.0. The van der Waals surface area contributed by atoms with E-state index < -0.39 is 11.8 Å². The molecule has 2 aromatic carbocycles. The lowest BCUT2D eigenvalue weighted by Gasteiger charge is -2.23. The van der Waals surface area contributed by atoms with Crippen LogP contribution in [-0.4, -0.2) is 32.6 Å². The van der Waals surface area contributed by atoms with Gasteiger partial charge in [0.1, 0.15) is 11.4 Å². The number of carbonyl (C=O) groups excluding carboxylic acids is 1. The number of hydrogen-bond acceptors (Lipinski definition) is 4. The summed E-state index contributed by atoms with van der Waals surface area (Å²) in [6, 6.07) is 7.79. The van der Waals surface area contributed by atoms with Crippen LogP contribution < -0.4 is 0 Å². The summed E-state index contributed by atoms with van der Waals surface area (Å²) in [5.74, 6) is -1.37. The van der Waals surface area contributed by atoms with Gasteiger partial charge in [0.05, 0.1) is 41.8 Å². The SMILES string of the molecule is COC(=O)c1c(F)cc(-c2ccc3c(c2)ncn3C2CCCCC2)c2nc[nH]c12. The largest absolute Gasteiger partial charge is 0.465 e. The Morgan fingerprint density at radius 2 is 2.03 bits per heavy atom. The highest BCUT2D eigenvalue weighted by molar-refractivity contribution is 6.06. The van der Waals surface area contributed by atoms with Gasteiger partial charge in [0.2, 0.25) is 0 Å². The van der Waals surface area contributed by atoms with Gasteiger partial charge in [-0.3, -0.25) is 0 Å². The molecule has 4 aromatic rings. The Bertz CT molecular complexity index is 1220. The van der Waals surface area contributed by atoms with Crippen LogP contribution in [0.2, 0.25) is 0 Å². The molecule has 1 fully saturated rings. The van der Waals surface area contributed by atoms with E-state index in [1.54, 1.807) is 0 Å². The maximum absolute atomic E-state index is 14.8. The summed E-state index contributed by atoms with van der Waals surface area (Å²) in [5, 5.41) is 0. The molecule has 2 aromatic heterocycles. The zero-order valence-electron chi connectivity index (χ0n) is 16.1. The third kappa shape index (κ3) is 2.88. The minimum Gasteiger partial charge on any atom is -0.465 e. The molecule has 1 N–H and O–H groups in total. The molecule has 5 rings (SSSR count). The number of fused-ring (bicyclic) bond motifs is 2. The number of benzene rings is 2. The molecule has 29 heavy (non-hydrogen) atoms. The average Bonchev–Trinajstić information content (AvgIpc) is 3.40. The molecule has 0 spiro atoms. The molecule has 6 nitrogen and oxygen atoms in total. The summed E-state index contributed by atoms with van der Waals surface area (Å²) in [6.45, 7) is 0. The fourth-order valence-electron chi connectivity index (χ4n) is 4.45. The number of methoxy groups -OCH3 is 1. The Balaban J connectivity index is 1.62. The lowest BCUT2D eigenvalue weighted by atomic mass is 9.95. The Labute approximate surface area is 166 Å². The van der Waals surface area contributed by atoms with Crippen molar-refractivity contribution in [2.24, 2.45) is 0 Å². The number of esters is 1. The first-order chi connectivity index (χ1) is 14.2. The molecular weight excluding hydrogens is 371 g/mol. The molecule has 0 radical (unpaired) electrons. The first-order valence-electron chi connectivity index (χ1n) is 9.88. The van der Waals surface area contributed by atoms with Crippen LogP contribution in [-0.2, 0) is 4.74 Å². The maximum Gasteiger partial charge on any atom is 0.343 e. The Morgan fingerprint density at radius 3 is 2.83 bits per heavy atom. The van der Waals surface area contributed by atoms with Crippen molar-refractivity contribution in [1.82, 2.24) is 19.5 Å². The number of rotatable bonds is 3. The quantitative estimate of drug-likeness (QED) is 0.498. The van der Waals surface area contributed by atoms with Gasteiger partial charge >= 0.3 is 5.97 Å². The van der Waals surface area contributed by atoms with Gasteiger partial charge in [-0.25, -0.2) is 19.2 Å². The molecule has 0 amide bonds. The van der Waals surface area contributed by atoms with E-state index in [9.17, 15) is 9.18 Å². The highest BCUT2D eigenvalue weighted by atomic mass is 19.1. The summed E-state index contributed by atoms with van der Waals surface area (Å²) >= 11 is 0. The minimum atomic E-state index is -0.732. The predicted octanol–water partition coefficient (Wildman–Crippen LogP) is 5.01. The minimum absolute atomic E-state index is 0.133. The molecule has 0 unspecified atom stereocenters. The van der Waals surface area contributed by atoms with Crippen molar-refractivity contribution in [2.75, 3.05) is 7.11 Å². The van der Waals surface area contributed by atoms with E-state index in [-0.39, 0.29) is 5.56 Å². The van der Waals surface area contributed by atoms with E-state index in [4.69, 9.17) is 4.74 Å². The normalized spacial score (nSPS) is 15.2. The van der Waals surface area contributed by atoms with Gasteiger partial charge in [0.15, 0.2) is 0 Å². The van der Waals surface area contributed by atoms with Gasteiger partial charge in [0, 0.05) is 11.6 Å². The van der Waals surface area contributed by atoms with Crippen molar-refractivity contribution in [1.29, 1.82) is 0 Å². The number of nitrogens with zero attached hydrogens (tertiary/aromatic N) is 3. The number of aromatic nitrogens is 4. The van der Waals surface area contributed by atoms with Crippen LogP contribution in [0.5, 0.6) is 0 Å². The van der Waals surface area contributed by atoms with Crippen LogP contribution in [0.1, 0.15) is 48.5 Å². The Kier molecular flexibility index (Phi) is 4.30. The van der Waals surface area contributed by atoms with Crippen LogP contribution in [0.3, 0.4) is 0 Å². The fraction of sp³-hybridized carbons (Fsp3) is 0.318. The van der Waals surface area contributed by atoms with Crippen LogP contribution in [0.15, 0.2) is 36.9 Å². The summed E-state index contributed by atoms with van der Waals surface area (Å²) in [6.07, 6.45) is 9.55. The van der Waals surface area contributed by atoms with E-state index in [0.717, 1.165) is 16.6 Å². The predicted molar refractivity (Wildman–Crippen MR) is 108 cm³/mol. The van der Waals surface area contributed by atoms with Gasteiger partial charge in [-0.05, 0) is 36.6 Å². The second-order valence-electron chi connectivity index (χ2n) is 7.55. The van der Waals surface area contributed by atoms with Crippen molar-refractivity contribution >= 4 is 28.0 Å². The van der Waals surface area contributed by atoms with Gasteiger partial charge in [-0.1, -0.05) is 25.3 Å². The maximum atomic E-state index is 14.8. The van der Waals surface area contributed by atoms with Gasteiger partial charge in [0.25, 0.3) is 0 Å². The Hall–Kier alpha value is -3.22. The highest BCUT2D eigenvalue weighted by Gasteiger charge is 2.22. The van der Waals surface area contributed by atoms with Gasteiger partial charge < -0.3 is 14.3 Å². The standard InChI is InChI=1S/C22H21FN4O2/c1-29-22(28)19-16(23)10-15(20-21(19)25-11-24-20)13-7-8-18-17(9-13)26-12-27(18)14-5-3-2-4-6-14/h7-12,14H,2-6H2,1H3,(H,24,25). The van der Waals surface area contributed by atoms with Crippen molar-refractivity contribution in [3.05, 3.63) is 48.3 Å². The number of H-pyrrole nitrogens is 1. The zero-order valence-corrected chi connectivity index (χ0v) is 16.1. The number of imidazole rings is 2. The molecule has 148 valence electrons. The van der Waals surface area contributed by atoms with Crippen LogP contribution in [0.4, 0.5) is 4.39 Å². The van der Waals surface area contributed by atoms with Gasteiger partial charge in [-0.2, -0.15) is 0 Å². The molecule has 2 heterocycles. The van der Waals surface area contributed by atoms with Crippen LogP contribution in [0, 0.1) is 5.82 Å².